The summed E-state index contributed by atoms with van der Waals surface area (Å²) in [5.41, 5.74) is 0. The highest BCUT2D eigenvalue weighted by Crippen LogP contribution is 2.23. The Labute approximate surface area is 59.7 Å². The van der Waals surface area contributed by atoms with Gasteiger partial charge >= 0.3 is 5.97 Å². The van der Waals surface area contributed by atoms with Crippen LogP contribution >= 0.6 is 0 Å². The Kier molecular flexibility index (Phi) is 2.27. The molecular weight excluding hydrogens is 132 g/mol. The van der Waals surface area contributed by atoms with Gasteiger partial charge in [0, 0.05) is 0 Å². The van der Waals surface area contributed by atoms with Gasteiger partial charge in [-0.1, -0.05) is 6.42 Å². The molecule has 2 N–H and O–H groups in total. The van der Waals surface area contributed by atoms with Gasteiger partial charge in [0.1, 0.15) is 0 Å². The van der Waals surface area contributed by atoms with Crippen LogP contribution in [-0.4, -0.2) is 22.3 Å². The summed E-state index contributed by atoms with van der Waals surface area (Å²) in [4.78, 5) is 10.4. The van der Waals surface area contributed by atoms with Crippen LogP contribution < -0.4 is 0 Å². The zero-order valence-electron chi connectivity index (χ0n) is 5.66. The van der Waals surface area contributed by atoms with Crippen molar-refractivity contribution in [3.05, 3.63) is 6.42 Å². The largest absolute Gasteiger partial charge is 0.481 e. The molecule has 0 heterocycles. The van der Waals surface area contributed by atoms with Crippen molar-refractivity contribution in [2.45, 2.75) is 25.4 Å². The Bertz CT molecular complexity index is 133. The summed E-state index contributed by atoms with van der Waals surface area (Å²) in [6.07, 6.45) is 3.36. The highest BCUT2D eigenvalue weighted by atomic mass is 16.4. The summed E-state index contributed by atoms with van der Waals surface area (Å²) in [7, 11) is 0. The molecule has 1 aliphatic rings. The summed E-state index contributed by atoms with van der Waals surface area (Å²) >= 11 is 0. The lowest BCUT2D eigenvalue weighted by Gasteiger charge is -2.23. The standard InChI is InChI=1S/C7H11O3/c8-6-4-2-1-3-5(6)7(9)10/h3,5-6,8H,1-2,4H2,(H,9,10). The molecule has 0 saturated heterocycles. The number of carbonyl (C=O) groups is 1. The van der Waals surface area contributed by atoms with Crippen molar-refractivity contribution >= 4 is 5.97 Å². The SMILES string of the molecule is O=C(O)C1[CH]CCCC1O. The minimum atomic E-state index is -0.910. The molecule has 1 fully saturated rings. The van der Waals surface area contributed by atoms with Crippen LogP contribution in [0.4, 0.5) is 0 Å². The van der Waals surface area contributed by atoms with Crippen molar-refractivity contribution in [3.63, 3.8) is 0 Å². The number of carboxylic acids is 1. The second kappa shape index (κ2) is 3.01. The molecule has 1 radical (unpaired) electrons. The predicted molar refractivity (Wildman–Crippen MR) is 35.3 cm³/mol. The van der Waals surface area contributed by atoms with Crippen LogP contribution in [0.5, 0.6) is 0 Å². The van der Waals surface area contributed by atoms with Crippen molar-refractivity contribution in [1.82, 2.24) is 0 Å². The number of aliphatic carboxylic acids is 1. The molecule has 1 rings (SSSR count). The van der Waals surface area contributed by atoms with Crippen LogP contribution in [0.15, 0.2) is 0 Å². The van der Waals surface area contributed by atoms with E-state index < -0.39 is 18.0 Å². The third kappa shape index (κ3) is 1.48. The first-order chi connectivity index (χ1) is 4.72. The Balaban J connectivity index is 2.47. The molecule has 0 aromatic rings. The number of carboxylic acid groups (broad SMARTS) is 1. The summed E-state index contributed by atoms with van der Waals surface area (Å²) in [6, 6.07) is 0. The van der Waals surface area contributed by atoms with E-state index in [1.807, 2.05) is 0 Å². The molecule has 0 aromatic carbocycles. The van der Waals surface area contributed by atoms with Crippen LogP contribution in [-0.2, 0) is 4.79 Å². The van der Waals surface area contributed by atoms with Gasteiger partial charge in [-0.25, -0.2) is 0 Å². The average molecular weight is 143 g/mol. The van der Waals surface area contributed by atoms with Crippen LogP contribution in [0, 0.1) is 12.3 Å². The predicted octanol–water partition coefficient (Wildman–Crippen LogP) is 0.436. The molecule has 0 aromatic heterocycles. The van der Waals surface area contributed by atoms with E-state index in [2.05, 4.69) is 0 Å². The van der Waals surface area contributed by atoms with Gasteiger partial charge in [-0.2, -0.15) is 0 Å². The number of rotatable bonds is 1. The first-order valence-electron chi connectivity index (χ1n) is 3.46. The van der Waals surface area contributed by atoms with E-state index in [4.69, 9.17) is 10.2 Å². The molecule has 0 spiro atoms. The van der Waals surface area contributed by atoms with E-state index in [0.717, 1.165) is 12.8 Å². The third-order valence-corrected chi connectivity index (χ3v) is 1.82. The summed E-state index contributed by atoms with van der Waals surface area (Å²) in [5, 5.41) is 17.6. The fourth-order valence-electron chi connectivity index (χ4n) is 1.23. The topological polar surface area (TPSA) is 57.5 Å². The van der Waals surface area contributed by atoms with Gasteiger partial charge in [-0.15, -0.1) is 0 Å². The molecule has 0 aliphatic heterocycles. The molecule has 1 saturated carbocycles. The van der Waals surface area contributed by atoms with Crippen molar-refractivity contribution in [2.75, 3.05) is 0 Å². The molecule has 0 amide bonds. The highest BCUT2D eigenvalue weighted by molar-refractivity contribution is 5.72. The van der Waals surface area contributed by atoms with Gasteiger partial charge in [0.2, 0.25) is 0 Å². The zero-order valence-corrected chi connectivity index (χ0v) is 5.66. The highest BCUT2D eigenvalue weighted by Gasteiger charge is 2.28. The first-order valence-corrected chi connectivity index (χ1v) is 3.46. The van der Waals surface area contributed by atoms with E-state index in [-0.39, 0.29) is 0 Å². The van der Waals surface area contributed by atoms with Crippen LogP contribution in [0.2, 0.25) is 0 Å². The smallest absolute Gasteiger partial charge is 0.309 e. The molecule has 0 bridgehead atoms. The summed E-state index contributed by atoms with van der Waals surface area (Å²) in [5.74, 6) is -1.54. The molecule has 10 heavy (non-hydrogen) atoms. The first kappa shape index (κ1) is 7.54. The van der Waals surface area contributed by atoms with Crippen LogP contribution in [0.3, 0.4) is 0 Å². The Morgan fingerprint density at radius 2 is 2.30 bits per heavy atom. The zero-order chi connectivity index (χ0) is 7.56. The van der Waals surface area contributed by atoms with E-state index in [0.29, 0.717) is 6.42 Å². The minimum absolute atomic E-state index is 0.619. The molecule has 57 valence electrons. The Morgan fingerprint density at radius 3 is 2.70 bits per heavy atom. The summed E-state index contributed by atoms with van der Waals surface area (Å²) < 4.78 is 0. The quantitative estimate of drug-likeness (QED) is 0.559. The normalized spacial score (nSPS) is 33.7. The second-order valence-corrected chi connectivity index (χ2v) is 2.60. The van der Waals surface area contributed by atoms with Crippen LogP contribution in [0.1, 0.15) is 19.3 Å². The third-order valence-electron chi connectivity index (χ3n) is 1.82. The number of hydrogen-bond donors (Lipinski definition) is 2. The molecule has 2 atom stereocenters. The van der Waals surface area contributed by atoms with E-state index in [1.54, 1.807) is 6.42 Å². The maximum Gasteiger partial charge on any atom is 0.309 e. The van der Waals surface area contributed by atoms with Crippen molar-refractivity contribution < 1.29 is 15.0 Å². The maximum absolute atomic E-state index is 10.4. The van der Waals surface area contributed by atoms with Crippen molar-refractivity contribution in [1.29, 1.82) is 0 Å². The second-order valence-electron chi connectivity index (χ2n) is 2.60. The lowest BCUT2D eigenvalue weighted by Crippen LogP contribution is -2.31. The fraction of sp³-hybridized carbons (Fsp3) is 0.714. The Hall–Kier alpha value is -0.570. The molecule has 1 aliphatic carbocycles. The lowest BCUT2D eigenvalue weighted by molar-refractivity contribution is -0.144. The molecular formula is C7H11O3. The van der Waals surface area contributed by atoms with Gasteiger partial charge in [-0.05, 0) is 19.3 Å². The summed E-state index contributed by atoms with van der Waals surface area (Å²) in [6.45, 7) is 0. The monoisotopic (exact) mass is 143 g/mol. The molecule has 3 nitrogen and oxygen atoms in total. The number of hydrogen-bond acceptors (Lipinski definition) is 2. The molecule has 2 unspecified atom stereocenters. The van der Waals surface area contributed by atoms with Crippen LogP contribution in [0.25, 0.3) is 0 Å². The van der Waals surface area contributed by atoms with E-state index in [9.17, 15) is 4.79 Å². The van der Waals surface area contributed by atoms with Gasteiger partial charge < -0.3 is 10.2 Å². The van der Waals surface area contributed by atoms with Crippen molar-refractivity contribution in [3.8, 4) is 0 Å². The fourth-order valence-corrected chi connectivity index (χ4v) is 1.23. The number of aliphatic hydroxyl groups is 1. The Morgan fingerprint density at radius 1 is 1.60 bits per heavy atom. The molecule has 3 heteroatoms. The maximum atomic E-state index is 10.4. The van der Waals surface area contributed by atoms with Gasteiger partial charge in [-0.3, -0.25) is 4.79 Å². The lowest BCUT2D eigenvalue weighted by atomic mass is 9.87. The number of aliphatic hydroxyl groups excluding tert-OH is 1. The van der Waals surface area contributed by atoms with Gasteiger partial charge in [0.05, 0.1) is 12.0 Å². The van der Waals surface area contributed by atoms with Gasteiger partial charge in [0.25, 0.3) is 0 Å². The van der Waals surface area contributed by atoms with Crippen molar-refractivity contribution in [2.24, 2.45) is 5.92 Å². The average Bonchev–Trinajstić information content (AvgIpc) is 1.88. The van der Waals surface area contributed by atoms with E-state index >= 15 is 0 Å². The minimum Gasteiger partial charge on any atom is -0.481 e. The van der Waals surface area contributed by atoms with Gasteiger partial charge in [0.15, 0.2) is 0 Å². The van der Waals surface area contributed by atoms with E-state index in [1.165, 1.54) is 0 Å².